The summed E-state index contributed by atoms with van der Waals surface area (Å²) >= 11 is 1.52. The average molecular weight is 276 g/mol. The quantitative estimate of drug-likeness (QED) is 0.808. The number of nitrogens with zero attached hydrogens (tertiary/aromatic N) is 2. The van der Waals surface area contributed by atoms with E-state index in [9.17, 15) is 9.59 Å². The van der Waals surface area contributed by atoms with E-state index in [-0.39, 0.29) is 11.4 Å². The fourth-order valence-corrected chi connectivity index (χ4v) is 3.19. The SMILES string of the molecule is CCC1SCC(C(=O)O)N1C(=O)N(C)CCOC. The summed E-state index contributed by atoms with van der Waals surface area (Å²) in [5, 5.41) is 9.10. The summed E-state index contributed by atoms with van der Waals surface area (Å²) in [6, 6.07) is -0.964. The van der Waals surface area contributed by atoms with Crippen molar-refractivity contribution < 1.29 is 19.4 Å². The largest absolute Gasteiger partial charge is 0.480 e. The monoisotopic (exact) mass is 276 g/mol. The number of likely N-dealkylation sites (N-methyl/N-ethyl adjacent to an activating group) is 1. The van der Waals surface area contributed by atoms with Crippen LogP contribution in [0.25, 0.3) is 0 Å². The fraction of sp³-hybridized carbons (Fsp3) is 0.818. The minimum Gasteiger partial charge on any atom is -0.480 e. The number of amides is 2. The number of rotatable bonds is 5. The summed E-state index contributed by atoms with van der Waals surface area (Å²) in [5.41, 5.74) is 0. The second-order valence-electron chi connectivity index (χ2n) is 4.15. The molecule has 18 heavy (non-hydrogen) atoms. The van der Waals surface area contributed by atoms with Crippen molar-refractivity contribution in [3.05, 3.63) is 0 Å². The first-order valence-electron chi connectivity index (χ1n) is 5.89. The van der Waals surface area contributed by atoms with E-state index in [1.807, 2.05) is 6.92 Å². The van der Waals surface area contributed by atoms with E-state index < -0.39 is 12.0 Å². The highest BCUT2D eigenvalue weighted by molar-refractivity contribution is 8.00. The van der Waals surface area contributed by atoms with Gasteiger partial charge in [0.15, 0.2) is 0 Å². The zero-order chi connectivity index (χ0) is 13.7. The number of aliphatic carboxylic acids is 1. The Kier molecular flexibility index (Phi) is 5.74. The molecule has 2 unspecified atom stereocenters. The van der Waals surface area contributed by atoms with Gasteiger partial charge >= 0.3 is 12.0 Å². The van der Waals surface area contributed by atoms with Gasteiger partial charge in [0.05, 0.1) is 12.0 Å². The molecule has 0 aromatic heterocycles. The Bertz CT molecular complexity index is 313. The molecule has 1 N–H and O–H groups in total. The molecule has 0 saturated carbocycles. The molecular weight excluding hydrogens is 256 g/mol. The van der Waals surface area contributed by atoms with Crippen molar-refractivity contribution in [2.45, 2.75) is 24.8 Å². The second kappa shape index (κ2) is 6.84. The molecule has 7 heteroatoms. The number of carboxylic acid groups (broad SMARTS) is 1. The highest BCUT2D eigenvalue weighted by Crippen LogP contribution is 2.32. The molecule has 1 fully saturated rings. The molecule has 0 spiro atoms. The number of thioether (sulfide) groups is 1. The van der Waals surface area contributed by atoms with Crippen LogP contribution in [0.4, 0.5) is 4.79 Å². The van der Waals surface area contributed by atoms with Crippen LogP contribution in [0.1, 0.15) is 13.3 Å². The highest BCUT2D eigenvalue weighted by atomic mass is 32.2. The van der Waals surface area contributed by atoms with Gasteiger partial charge in [0, 0.05) is 26.5 Å². The van der Waals surface area contributed by atoms with Crippen LogP contribution in [0.3, 0.4) is 0 Å². The van der Waals surface area contributed by atoms with Gasteiger partial charge in [-0.25, -0.2) is 9.59 Å². The minimum absolute atomic E-state index is 0.0522. The molecule has 0 aliphatic carbocycles. The lowest BCUT2D eigenvalue weighted by molar-refractivity contribution is -0.141. The van der Waals surface area contributed by atoms with Crippen molar-refractivity contribution in [1.29, 1.82) is 0 Å². The normalized spacial score (nSPS) is 23.2. The lowest BCUT2D eigenvalue weighted by Crippen LogP contribution is -2.51. The predicted octanol–water partition coefficient (Wildman–Crippen LogP) is 0.923. The van der Waals surface area contributed by atoms with Crippen LogP contribution >= 0.6 is 11.8 Å². The molecule has 0 bridgehead atoms. The second-order valence-corrected chi connectivity index (χ2v) is 5.37. The first-order valence-corrected chi connectivity index (χ1v) is 6.94. The van der Waals surface area contributed by atoms with E-state index in [1.54, 1.807) is 14.2 Å². The average Bonchev–Trinajstić information content (AvgIpc) is 2.78. The molecule has 104 valence electrons. The molecule has 2 atom stereocenters. The number of urea groups is 1. The minimum atomic E-state index is -0.938. The van der Waals surface area contributed by atoms with Crippen LogP contribution in [-0.2, 0) is 9.53 Å². The van der Waals surface area contributed by atoms with Gasteiger partial charge in [-0.05, 0) is 6.42 Å². The first kappa shape index (κ1) is 15.1. The van der Waals surface area contributed by atoms with E-state index in [2.05, 4.69) is 0 Å². The van der Waals surface area contributed by atoms with Crippen LogP contribution in [0, 0.1) is 0 Å². The summed E-state index contributed by atoms with van der Waals surface area (Å²) in [4.78, 5) is 26.4. The van der Waals surface area contributed by atoms with Crippen molar-refractivity contribution in [3.63, 3.8) is 0 Å². The van der Waals surface area contributed by atoms with E-state index in [0.29, 0.717) is 18.9 Å². The summed E-state index contributed by atoms with van der Waals surface area (Å²) in [6.07, 6.45) is 0.748. The maximum absolute atomic E-state index is 12.3. The van der Waals surface area contributed by atoms with Gasteiger partial charge in [-0.2, -0.15) is 0 Å². The Hall–Kier alpha value is -0.950. The molecule has 0 radical (unpaired) electrons. The molecule has 6 nitrogen and oxygen atoms in total. The Labute approximate surface area is 111 Å². The highest BCUT2D eigenvalue weighted by Gasteiger charge is 2.41. The third-order valence-electron chi connectivity index (χ3n) is 2.91. The van der Waals surface area contributed by atoms with Crippen LogP contribution in [0.2, 0.25) is 0 Å². The van der Waals surface area contributed by atoms with Crippen molar-refractivity contribution >= 4 is 23.8 Å². The Balaban J connectivity index is 2.74. The lowest BCUT2D eigenvalue weighted by Gasteiger charge is -2.31. The van der Waals surface area contributed by atoms with E-state index in [4.69, 9.17) is 9.84 Å². The smallest absolute Gasteiger partial charge is 0.327 e. The van der Waals surface area contributed by atoms with Gasteiger partial charge in [0.2, 0.25) is 0 Å². The third-order valence-corrected chi connectivity index (χ3v) is 4.36. The maximum atomic E-state index is 12.3. The van der Waals surface area contributed by atoms with Gasteiger partial charge in [0.25, 0.3) is 0 Å². The van der Waals surface area contributed by atoms with E-state index in [0.717, 1.165) is 6.42 Å². The van der Waals surface area contributed by atoms with E-state index >= 15 is 0 Å². The van der Waals surface area contributed by atoms with Gasteiger partial charge < -0.3 is 14.7 Å². The number of carbonyl (C=O) groups is 2. The molecule has 0 aromatic carbocycles. The Morgan fingerprint density at radius 3 is 2.72 bits per heavy atom. The number of carbonyl (C=O) groups excluding carboxylic acids is 1. The van der Waals surface area contributed by atoms with Crippen LogP contribution in [-0.4, -0.2) is 71.4 Å². The van der Waals surface area contributed by atoms with Gasteiger partial charge in [-0.3, -0.25) is 4.90 Å². The summed E-state index contributed by atoms with van der Waals surface area (Å²) in [7, 11) is 3.23. The Morgan fingerprint density at radius 2 is 2.22 bits per heavy atom. The standard InChI is InChI=1S/C11H20N2O4S/c1-4-9-13(8(7-18-9)10(14)15)11(16)12(2)5-6-17-3/h8-9H,4-7H2,1-3H3,(H,14,15). The van der Waals surface area contributed by atoms with Crippen molar-refractivity contribution in [2.75, 3.05) is 33.1 Å². The lowest BCUT2D eigenvalue weighted by atomic mass is 10.2. The number of carboxylic acids is 1. The number of hydrogen-bond acceptors (Lipinski definition) is 4. The molecule has 2 amide bonds. The molecule has 1 rings (SSSR count). The number of methoxy groups -OCH3 is 1. The van der Waals surface area contributed by atoms with Gasteiger partial charge in [-0.15, -0.1) is 11.8 Å². The van der Waals surface area contributed by atoms with E-state index in [1.165, 1.54) is 21.6 Å². The number of hydrogen-bond donors (Lipinski definition) is 1. The molecular formula is C11H20N2O4S. The zero-order valence-electron chi connectivity index (χ0n) is 11.0. The van der Waals surface area contributed by atoms with Crippen molar-refractivity contribution in [3.8, 4) is 0 Å². The predicted molar refractivity (Wildman–Crippen MR) is 69.7 cm³/mol. The zero-order valence-corrected chi connectivity index (χ0v) is 11.8. The maximum Gasteiger partial charge on any atom is 0.327 e. The molecule has 1 aliphatic heterocycles. The van der Waals surface area contributed by atoms with Gasteiger partial charge in [0.1, 0.15) is 6.04 Å². The topological polar surface area (TPSA) is 70.1 Å². The summed E-state index contributed by atoms with van der Waals surface area (Å²) < 4.78 is 4.92. The van der Waals surface area contributed by atoms with Crippen LogP contribution in [0.15, 0.2) is 0 Å². The molecule has 1 aliphatic rings. The Morgan fingerprint density at radius 1 is 1.56 bits per heavy atom. The van der Waals surface area contributed by atoms with Crippen molar-refractivity contribution in [2.24, 2.45) is 0 Å². The summed E-state index contributed by atoms with van der Waals surface area (Å²) in [5.74, 6) is -0.482. The summed E-state index contributed by atoms with van der Waals surface area (Å²) in [6.45, 7) is 2.86. The number of ether oxygens (including phenoxy) is 1. The fourth-order valence-electron chi connectivity index (χ4n) is 1.85. The van der Waals surface area contributed by atoms with Crippen molar-refractivity contribution in [1.82, 2.24) is 9.80 Å². The molecule has 0 aromatic rings. The van der Waals surface area contributed by atoms with Crippen LogP contribution in [0.5, 0.6) is 0 Å². The molecule has 1 saturated heterocycles. The molecule has 1 heterocycles. The van der Waals surface area contributed by atoms with Gasteiger partial charge in [-0.1, -0.05) is 6.92 Å². The third kappa shape index (κ3) is 3.29. The first-order chi connectivity index (χ1) is 8.52. The van der Waals surface area contributed by atoms with Crippen LogP contribution < -0.4 is 0 Å².